The van der Waals surface area contributed by atoms with Crippen LogP contribution in [0.5, 0.6) is 0 Å². The van der Waals surface area contributed by atoms with E-state index in [1.807, 2.05) is 39.8 Å². The second-order valence-corrected chi connectivity index (χ2v) is 8.21. The number of hydrogen-bond donors (Lipinski definition) is 0. The molecular weight excluding hydrogens is 435 g/mol. The molecule has 0 saturated carbocycles. The molecule has 138 valence electrons. The summed E-state index contributed by atoms with van der Waals surface area (Å²) < 4.78 is 11.3. The Balaban J connectivity index is 2.11. The van der Waals surface area contributed by atoms with Crippen LogP contribution in [-0.4, -0.2) is 55.9 Å². The number of halogens is 1. The van der Waals surface area contributed by atoms with E-state index in [2.05, 4.69) is 27.5 Å². The number of carbonyl (C=O) groups excluding carboxylic acids is 2. The number of hydrogen-bond acceptors (Lipinski definition) is 5. The minimum absolute atomic E-state index is 0.276. The lowest BCUT2D eigenvalue weighted by Gasteiger charge is -2.37. The maximum atomic E-state index is 12.2. The average Bonchev–Trinajstić information content (AvgIpc) is 2.55. The van der Waals surface area contributed by atoms with E-state index < -0.39 is 5.60 Å². The molecule has 0 bridgehead atoms. The lowest BCUT2D eigenvalue weighted by molar-refractivity contribution is 0.0240. The highest BCUT2D eigenvalue weighted by atomic mass is 127. The SMILES string of the molecule is COC(=O)c1cc(I)c(C)c(N2CCN(C(=O)OC(C)(C)C)CC2)c1. The second-order valence-electron chi connectivity index (χ2n) is 7.05. The zero-order valence-electron chi connectivity index (χ0n) is 15.4. The molecule has 1 aliphatic rings. The first kappa shape index (κ1) is 19.8. The molecule has 7 heteroatoms. The largest absolute Gasteiger partial charge is 0.465 e. The second kappa shape index (κ2) is 7.80. The summed E-state index contributed by atoms with van der Waals surface area (Å²) in [5.41, 5.74) is 2.19. The summed E-state index contributed by atoms with van der Waals surface area (Å²) >= 11 is 2.23. The Labute approximate surface area is 162 Å². The van der Waals surface area contributed by atoms with Crippen LogP contribution in [0.25, 0.3) is 0 Å². The average molecular weight is 460 g/mol. The first-order valence-electron chi connectivity index (χ1n) is 8.23. The monoisotopic (exact) mass is 460 g/mol. The molecule has 0 aromatic heterocycles. The summed E-state index contributed by atoms with van der Waals surface area (Å²) in [7, 11) is 1.38. The van der Waals surface area contributed by atoms with Crippen molar-refractivity contribution < 1.29 is 19.1 Å². The Morgan fingerprint density at radius 3 is 2.24 bits per heavy atom. The van der Waals surface area contributed by atoms with Gasteiger partial charge in [-0.05, 0) is 68.0 Å². The third-order valence-corrected chi connectivity index (χ3v) is 5.13. The topological polar surface area (TPSA) is 59.1 Å². The molecule has 1 fully saturated rings. The quantitative estimate of drug-likeness (QED) is 0.500. The fraction of sp³-hybridized carbons (Fsp3) is 0.556. The van der Waals surface area contributed by atoms with Crippen molar-refractivity contribution in [3.8, 4) is 0 Å². The Morgan fingerprint density at radius 1 is 1.12 bits per heavy atom. The van der Waals surface area contributed by atoms with E-state index in [1.54, 1.807) is 4.90 Å². The van der Waals surface area contributed by atoms with Crippen molar-refractivity contribution >= 4 is 40.3 Å². The number of amides is 1. The van der Waals surface area contributed by atoms with Gasteiger partial charge in [-0.2, -0.15) is 0 Å². The molecule has 0 radical (unpaired) electrons. The molecule has 2 rings (SSSR count). The zero-order valence-corrected chi connectivity index (χ0v) is 17.5. The van der Waals surface area contributed by atoms with E-state index in [0.29, 0.717) is 31.7 Å². The maximum absolute atomic E-state index is 12.2. The number of anilines is 1. The molecule has 1 aromatic carbocycles. The first-order chi connectivity index (χ1) is 11.6. The van der Waals surface area contributed by atoms with E-state index in [-0.39, 0.29) is 12.1 Å². The summed E-state index contributed by atoms with van der Waals surface area (Å²) in [5, 5.41) is 0. The smallest absolute Gasteiger partial charge is 0.410 e. The third kappa shape index (κ3) is 4.99. The van der Waals surface area contributed by atoms with Crippen molar-refractivity contribution in [2.75, 3.05) is 38.2 Å². The number of ether oxygens (including phenoxy) is 2. The van der Waals surface area contributed by atoms with Gasteiger partial charge in [0.25, 0.3) is 0 Å². The molecule has 0 unspecified atom stereocenters. The molecule has 1 aromatic rings. The van der Waals surface area contributed by atoms with Gasteiger partial charge in [-0.15, -0.1) is 0 Å². The highest BCUT2D eigenvalue weighted by molar-refractivity contribution is 14.1. The van der Waals surface area contributed by atoms with Crippen molar-refractivity contribution in [3.63, 3.8) is 0 Å². The maximum Gasteiger partial charge on any atom is 0.410 e. The summed E-state index contributed by atoms with van der Waals surface area (Å²) in [5.74, 6) is -0.341. The number of carbonyl (C=O) groups is 2. The summed E-state index contributed by atoms with van der Waals surface area (Å²) in [6, 6.07) is 3.70. The predicted octanol–water partition coefficient (Wildman–Crippen LogP) is 3.44. The molecule has 1 aliphatic heterocycles. The van der Waals surface area contributed by atoms with E-state index in [4.69, 9.17) is 9.47 Å². The van der Waals surface area contributed by atoms with E-state index in [9.17, 15) is 9.59 Å². The molecule has 0 atom stereocenters. The third-order valence-electron chi connectivity index (χ3n) is 4.01. The van der Waals surface area contributed by atoms with Crippen LogP contribution in [0.3, 0.4) is 0 Å². The molecule has 1 heterocycles. The molecule has 0 aliphatic carbocycles. The fourth-order valence-electron chi connectivity index (χ4n) is 2.68. The van der Waals surface area contributed by atoms with Gasteiger partial charge in [0.1, 0.15) is 5.60 Å². The van der Waals surface area contributed by atoms with Crippen molar-refractivity contribution in [2.24, 2.45) is 0 Å². The van der Waals surface area contributed by atoms with Crippen LogP contribution < -0.4 is 4.90 Å². The number of benzene rings is 1. The van der Waals surface area contributed by atoms with Gasteiger partial charge in [0, 0.05) is 35.4 Å². The molecule has 25 heavy (non-hydrogen) atoms. The van der Waals surface area contributed by atoms with Crippen molar-refractivity contribution in [2.45, 2.75) is 33.3 Å². The van der Waals surface area contributed by atoms with Gasteiger partial charge >= 0.3 is 12.1 Å². The molecule has 1 saturated heterocycles. The number of esters is 1. The highest BCUT2D eigenvalue weighted by Crippen LogP contribution is 2.28. The van der Waals surface area contributed by atoms with Gasteiger partial charge in [-0.25, -0.2) is 9.59 Å². The molecule has 0 N–H and O–H groups in total. The van der Waals surface area contributed by atoms with Gasteiger partial charge < -0.3 is 19.3 Å². The van der Waals surface area contributed by atoms with Gasteiger partial charge in [0.15, 0.2) is 0 Å². The van der Waals surface area contributed by atoms with Crippen molar-refractivity contribution in [3.05, 3.63) is 26.8 Å². The van der Waals surface area contributed by atoms with Crippen LogP contribution in [-0.2, 0) is 9.47 Å². The molecular formula is C18H25IN2O4. The van der Waals surface area contributed by atoms with Gasteiger partial charge in [-0.3, -0.25) is 0 Å². The van der Waals surface area contributed by atoms with Crippen molar-refractivity contribution in [1.82, 2.24) is 4.90 Å². The number of piperazine rings is 1. The number of nitrogens with zero attached hydrogens (tertiary/aromatic N) is 2. The minimum atomic E-state index is -0.490. The fourth-order valence-corrected chi connectivity index (χ4v) is 3.30. The standard InChI is InChI=1S/C18H25IN2O4/c1-12-14(19)10-13(16(22)24-5)11-15(12)20-6-8-21(9-7-20)17(23)25-18(2,3)4/h10-11H,6-9H2,1-5H3. The Bertz CT molecular complexity index is 662. The Kier molecular flexibility index (Phi) is 6.18. The number of methoxy groups -OCH3 is 1. The predicted molar refractivity (Wildman–Crippen MR) is 105 cm³/mol. The van der Waals surface area contributed by atoms with Crippen LogP contribution >= 0.6 is 22.6 Å². The van der Waals surface area contributed by atoms with Crippen LogP contribution in [0.2, 0.25) is 0 Å². The summed E-state index contributed by atoms with van der Waals surface area (Å²) in [4.78, 5) is 28.0. The van der Waals surface area contributed by atoms with Crippen LogP contribution in [0.4, 0.5) is 10.5 Å². The molecule has 1 amide bonds. The zero-order chi connectivity index (χ0) is 18.8. The lowest BCUT2D eigenvalue weighted by atomic mass is 10.1. The first-order valence-corrected chi connectivity index (χ1v) is 9.31. The molecule has 0 spiro atoms. The summed E-state index contributed by atoms with van der Waals surface area (Å²) in [6.07, 6.45) is -0.276. The van der Waals surface area contributed by atoms with Crippen LogP contribution in [0.1, 0.15) is 36.7 Å². The van der Waals surface area contributed by atoms with E-state index in [1.165, 1.54) is 7.11 Å². The van der Waals surface area contributed by atoms with Crippen molar-refractivity contribution in [1.29, 1.82) is 0 Å². The number of rotatable bonds is 2. The van der Waals surface area contributed by atoms with E-state index in [0.717, 1.165) is 14.8 Å². The highest BCUT2D eigenvalue weighted by Gasteiger charge is 2.27. The van der Waals surface area contributed by atoms with Gasteiger partial charge in [0.2, 0.25) is 0 Å². The van der Waals surface area contributed by atoms with Gasteiger partial charge in [0.05, 0.1) is 12.7 Å². The van der Waals surface area contributed by atoms with Crippen LogP contribution in [0, 0.1) is 10.5 Å². The lowest BCUT2D eigenvalue weighted by Crippen LogP contribution is -2.50. The van der Waals surface area contributed by atoms with Crippen LogP contribution in [0.15, 0.2) is 12.1 Å². The normalized spacial score (nSPS) is 15.1. The van der Waals surface area contributed by atoms with E-state index >= 15 is 0 Å². The minimum Gasteiger partial charge on any atom is -0.465 e. The Hall–Kier alpha value is -1.51. The van der Waals surface area contributed by atoms with Gasteiger partial charge in [-0.1, -0.05) is 0 Å². The Morgan fingerprint density at radius 2 is 1.72 bits per heavy atom. The summed E-state index contributed by atoms with van der Waals surface area (Å²) in [6.45, 7) is 10.2. The molecule has 6 nitrogen and oxygen atoms in total.